The molecule has 2 unspecified atom stereocenters. The lowest BCUT2D eigenvalue weighted by Crippen LogP contribution is -2.26. The number of carbonyl (C=O) groups is 2. The van der Waals surface area contributed by atoms with E-state index >= 15 is 0 Å². The summed E-state index contributed by atoms with van der Waals surface area (Å²) in [5.41, 5.74) is 5.65. The third kappa shape index (κ3) is 5.15. The quantitative estimate of drug-likeness (QED) is 0.424. The lowest BCUT2D eigenvalue weighted by Gasteiger charge is -2.19. The average molecular weight is 479 g/mol. The zero-order valence-corrected chi connectivity index (χ0v) is 18.6. The molecule has 0 aromatic carbocycles. The number of anilines is 1. The van der Waals surface area contributed by atoms with Gasteiger partial charge in [0.25, 0.3) is 0 Å². The lowest BCUT2D eigenvalue weighted by molar-refractivity contribution is -0.145. The van der Waals surface area contributed by atoms with Crippen LogP contribution in [0.1, 0.15) is 36.2 Å². The highest BCUT2D eigenvalue weighted by Crippen LogP contribution is 2.37. The standard InChI is InChI=1S/C18H20FN5O4.C3H6O3/c1-28-22-14-8-23(6-9(14)5-20)17-13(19)4-11-15(25)12(18(26)27)7-24(10-2-3-10)16(11)21-17;1-2(4)3(5)6/h4,7,9-10H,2-3,5-6,8,20H2,1H3,(H,26,27);2,4H,1H3,(H,5,6)/b22-14+;. The minimum absolute atomic E-state index is 0.0339. The summed E-state index contributed by atoms with van der Waals surface area (Å²) >= 11 is 0. The molecule has 1 saturated heterocycles. The first kappa shape index (κ1) is 25.1. The van der Waals surface area contributed by atoms with Gasteiger partial charge < -0.3 is 35.4 Å². The second-order valence-corrected chi connectivity index (χ2v) is 8.07. The number of pyridine rings is 2. The maximum atomic E-state index is 14.9. The number of fused-ring (bicyclic) bond motifs is 1. The zero-order chi connectivity index (χ0) is 25.2. The molecule has 1 aliphatic carbocycles. The molecule has 2 fully saturated rings. The second kappa shape index (κ2) is 10.1. The number of aromatic carboxylic acids is 1. The van der Waals surface area contributed by atoms with Gasteiger partial charge in [-0.1, -0.05) is 5.16 Å². The number of nitrogens with zero attached hydrogens (tertiary/aromatic N) is 4. The maximum Gasteiger partial charge on any atom is 0.341 e. The van der Waals surface area contributed by atoms with Gasteiger partial charge in [-0.05, 0) is 25.8 Å². The van der Waals surface area contributed by atoms with Crippen LogP contribution < -0.4 is 16.1 Å². The Labute approximate surface area is 193 Å². The Morgan fingerprint density at radius 2 is 2.03 bits per heavy atom. The molecule has 184 valence electrons. The van der Waals surface area contributed by atoms with Crippen molar-refractivity contribution >= 4 is 34.5 Å². The molecule has 2 atom stereocenters. The molecule has 0 amide bonds. The highest BCUT2D eigenvalue weighted by molar-refractivity contribution is 5.95. The van der Waals surface area contributed by atoms with E-state index in [1.165, 1.54) is 20.2 Å². The molecular formula is C21H26FN5O7. The van der Waals surface area contributed by atoms with E-state index in [2.05, 4.69) is 10.1 Å². The number of aliphatic hydroxyl groups excluding tert-OH is 1. The Morgan fingerprint density at radius 1 is 1.38 bits per heavy atom. The number of hydrogen-bond donors (Lipinski definition) is 4. The van der Waals surface area contributed by atoms with Gasteiger partial charge in [-0.15, -0.1) is 0 Å². The molecule has 2 aromatic rings. The van der Waals surface area contributed by atoms with E-state index < -0.39 is 29.3 Å². The highest BCUT2D eigenvalue weighted by Gasteiger charge is 2.33. The van der Waals surface area contributed by atoms with Gasteiger partial charge in [0.05, 0.1) is 17.6 Å². The van der Waals surface area contributed by atoms with Crippen molar-refractivity contribution in [3.63, 3.8) is 0 Å². The molecule has 3 heterocycles. The molecule has 34 heavy (non-hydrogen) atoms. The number of carboxylic acid groups (broad SMARTS) is 2. The van der Waals surface area contributed by atoms with Crippen molar-refractivity contribution in [2.75, 3.05) is 31.6 Å². The molecule has 0 spiro atoms. The second-order valence-electron chi connectivity index (χ2n) is 8.07. The van der Waals surface area contributed by atoms with Gasteiger partial charge in [-0.3, -0.25) is 4.79 Å². The fraction of sp³-hybridized carbons (Fsp3) is 0.476. The molecule has 5 N–H and O–H groups in total. The number of hydrogen-bond acceptors (Lipinski definition) is 9. The number of nitrogens with two attached hydrogens (primary N) is 1. The van der Waals surface area contributed by atoms with Crippen molar-refractivity contribution in [3.05, 3.63) is 33.9 Å². The molecular weight excluding hydrogens is 453 g/mol. The molecule has 1 saturated carbocycles. The largest absolute Gasteiger partial charge is 0.479 e. The summed E-state index contributed by atoms with van der Waals surface area (Å²) in [4.78, 5) is 44.4. The Kier molecular flexibility index (Phi) is 7.47. The molecule has 13 heteroatoms. The van der Waals surface area contributed by atoms with Crippen LogP contribution in [-0.2, 0) is 9.63 Å². The molecule has 4 rings (SSSR count). The van der Waals surface area contributed by atoms with E-state index in [9.17, 15) is 23.9 Å². The molecule has 2 aromatic heterocycles. The number of rotatable bonds is 6. The predicted octanol–water partition coefficient (Wildman–Crippen LogP) is 0.418. The van der Waals surface area contributed by atoms with Gasteiger partial charge in [0, 0.05) is 31.2 Å². The van der Waals surface area contributed by atoms with Gasteiger partial charge in [-0.25, -0.2) is 19.0 Å². The van der Waals surface area contributed by atoms with Crippen LogP contribution in [0.5, 0.6) is 0 Å². The average Bonchev–Trinajstić information content (AvgIpc) is 3.54. The summed E-state index contributed by atoms with van der Waals surface area (Å²) in [6, 6.07) is 1.14. The number of oxime groups is 1. The Balaban J connectivity index is 0.000000481. The summed E-state index contributed by atoms with van der Waals surface area (Å²) in [6.07, 6.45) is 1.79. The molecule has 12 nitrogen and oxygen atoms in total. The van der Waals surface area contributed by atoms with Crippen LogP contribution in [0.2, 0.25) is 0 Å². The van der Waals surface area contributed by atoms with Crippen LogP contribution in [0.15, 0.2) is 22.2 Å². The summed E-state index contributed by atoms with van der Waals surface area (Å²) < 4.78 is 16.5. The number of aliphatic hydroxyl groups is 1. The van der Waals surface area contributed by atoms with Gasteiger partial charge in [0.2, 0.25) is 5.43 Å². The topological polar surface area (TPSA) is 181 Å². The molecule has 1 aliphatic heterocycles. The minimum Gasteiger partial charge on any atom is -0.479 e. The van der Waals surface area contributed by atoms with Crippen LogP contribution >= 0.6 is 0 Å². The van der Waals surface area contributed by atoms with Crippen LogP contribution in [0.25, 0.3) is 11.0 Å². The monoisotopic (exact) mass is 479 g/mol. The van der Waals surface area contributed by atoms with E-state index in [0.29, 0.717) is 25.3 Å². The summed E-state index contributed by atoms with van der Waals surface area (Å²) in [7, 11) is 1.44. The Bertz CT molecular complexity index is 1190. The van der Waals surface area contributed by atoms with Crippen molar-refractivity contribution in [2.24, 2.45) is 16.8 Å². The normalized spacial score (nSPS) is 19.6. The van der Waals surface area contributed by atoms with Crippen LogP contribution in [-0.4, -0.2) is 75.4 Å². The number of halogens is 1. The van der Waals surface area contributed by atoms with Crippen LogP contribution in [0.4, 0.5) is 10.2 Å². The Hall–Kier alpha value is -3.58. The van der Waals surface area contributed by atoms with Crippen LogP contribution in [0, 0.1) is 11.7 Å². The highest BCUT2D eigenvalue weighted by atomic mass is 19.1. The first-order valence-corrected chi connectivity index (χ1v) is 10.5. The number of aromatic nitrogens is 2. The maximum absolute atomic E-state index is 14.9. The third-order valence-electron chi connectivity index (χ3n) is 5.52. The van der Waals surface area contributed by atoms with Crippen molar-refractivity contribution in [1.29, 1.82) is 0 Å². The minimum atomic E-state index is -1.34. The lowest BCUT2D eigenvalue weighted by atomic mass is 10.1. The molecule has 0 bridgehead atoms. The number of aliphatic carboxylic acids is 1. The summed E-state index contributed by atoms with van der Waals surface area (Å²) in [6.45, 7) is 2.27. The van der Waals surface area contributed by atoms with E-state index in [4.69, 9.17) is 20.8 Å². The van der Waals surface area contributed by atoms with Gasteiger partial charge in [-0.2, -0.15) is 0 Å². The van der Waals surface area contributed by atoms with Gasteiger partial charge in [0.15, 0.2) is 11.6 Å². The smallest absolute Gasteiger partial charge is 0.341 e. The predicted molar refractivity (Wildman–Crippen MR) is 120 cm³/mol. The fourth-order valence-corrected chi connectivity index (χ4v) is 3.60. The van der Waals surface area contributed by atoms with Crippen molar-refractivity contribution in [3.8, 4) is 0 Å². The van der Waals surface area contributed by atoms with E-state index in [1.54, 1.807) is 9.47 Å². The van der Waals surface area contributed by atoms with Crippen molar-refractivity contribution in [1.82, 2.24) is 9.55 Å². The fourth-order valence-electron chi connectivity index (χ4n) is 3.60. The van der Waals surface area contributed by atoms with E-state index in [-0.39, 0.29) is 34.4 Å². The SMILES string of the molecule is CC(O)C(=O)O.CO/N=C1\CN(c2nc3c(cc2F)c(=O)c(C(=O)O)cn3C2CC2)CC1CN. The summed E-state index contributed by atoms with van der Waals surface area (Å²) in [5, 5.41) is 29.0. The van der Waals surface area contributed by atoms with Crippen molar-refractivity contribution < 1.29 is 34.1 Å². The van der Waals surface area contributed by atoms with Crippen LogP contribution in [0.3, 0.4) is 0 Å². The zero-order valence-electron chi connectivity index (χ0n) is 18.6. The number of carboxylic acids is 2. The molecule has 0 radical (unpaired) electrons. The van der Waals surface area contributed by atoms with Crippen molar-refractivity contribution in [2.45, 2.75) is 31.9 Å². The third-order valence-corrected chi connectivity index (χ3v) is 5.52. The van der Waals surface area contributed by atoms with E-state index in [1.807, 2.05) is 0 Å². The van der Waals surface area contributed by atoms with E-state index in [0.717, 1.165) is 18.9 Å². The summed E-state index contributed by atoms with van der Waals surface area (Å²) in [5.74, 6) is -3.21. The van der Waals surface area contributed by atoms with Gasteiger partial charge in [0.1, 0.15) is 24.4 Å². The van der Waals surface area contributed by atoms with Gasteiger partial charge >= 0.3 is 11.9 Å². The first-order chi connectivity index (χ1) is 16.1. The first-order valence-electron chi connectivity index (χ1n) is 10.5. The Morgan fingerprint density at radius 3 is 2.53 bits per heavy atom. The molecule has 2 aliphatic rings.